The van der Waals surface area contributed by atoms with E-state index in [0.717, 1.165) is 17.7 Å². The Labute approximate surface area is 204 Å². The lowest BCUT2D eigenvalue weighted by atomic mass is 9.50. The standard InChI is InChI=1S/C26H34N2O7/c1-13(2)11-16(27)24(31)33-14(3)23(30)34-18-7-8-26(32)19-12-15-5-6-17(29)21-20(15)25(26,22(18)35-21)9-10-28(19)4/h5-7,13-14,16,19,22,29,32H,8-12,27H2,1-4H3/t14-,16?,19-,22-,25-,26+/m0/s1. The molecule has 0 radical (unpaired) electrons. The largest absolute Gasteiger partial charge is 0.504 e. The first-order valence-corrected chi connectivity index (χ1v) is 12.3. The quantitative estimate of drug-likeness (QED) is 0.512. The van der Waals surface area contributed by atoms with E-state index in [1.54, 1.807) is 12.1 Å². The Kier molecular flexibility index (Phi) is 5.65. The number of rotatable bonds is 6. The van der Waals surface area contributed by atoms with E-state index in [9.17, 15) is 19.8 Å². The molecule has 4 aliphatic rings. The average molecular weight is 487 g/mol. The molecule has 0 saturated carbocycles. The fourth-order valence-corrected chi connectivity index (χ4v) is 6.55. The number of aliphatic hydroxyl groups is 1. The molecule has 1 aromatic carbocycles. The minimum atomic E-state index is -1.16. The third-order valence-corrected chi connectivity index (χ3v) is 8.22. The number of benzene rings is 1. The summed E-state index contributed by atoms with van der Waals surface area (Å²) in [4.78, 5) is 27.4. The molecular weight excluding hydrogens is 452 g/mol. The summed E-state index contributed by atoms with van der Waals surface area (Å²) >= 11 is 0. The first kappa shape index (κ1) is 24.1. The van der Waals surface area contributed by atoms with Gasteiger partial charge < -0.3 is 35.1 Å². The van der Waals surface area contributed by atoms with Crippen molar-refractivity contribution >= 4 is 11.9 Å². The van der Waals surface area contributed by atoms with Crippen molar-refractivity contribution in [1.29, 1.82) is 0 Å². The fraction of sp³-hybridized carbons (Fsp3) is 0.615. The van der Waals surface area contributed by atoms with E-state index in [4.69, 9.17) is 19.9 Å². The maximum Gasteiger partial charge on any atom is 0.352 e. The molecule has 1 unspecified atom stereocenters. The summed E-state index contributed by atoms with van der Waals surface area (Å²) in [7, 11) is 2.01. The number of carbonyl (C=O) groups excluding carboxylic acids is 2. The van der Waals surface area contributed by atoms with Crippen LogP contribution in [0.15, 0.2) is 24.0 Å². The normalized spacial score (nSPS) is 32.3. The van der Waals surface area contributed by atoms with E-state index in [1.165, 1.54) is 6.92 Å². The summed E-state index contributed by atoms with van der Waals surface area (Å²) in [6.45, 7) is 6.07. The molecule has 9 nitrogen and oxygen atoms in total. The summed E-state index contributed by atoms with van der Waals surface area (Å²) < 4.78 is 17.3. The van der Waals surface area contributed by atoms with Crippen molar-refractivity contribution in [3.8, 4) is 11.5 Å². The van der Waals surface area contributed by atoms with Crippen molar-refractivity contribution in [2.75, 3.05) is 13.6 Å². The van der Waals surface area contributed by atoms with Gasteiger partial charge in [0.15, 0.2) is 23.7 Å². The van der Waals surface area contributed by atoms with Gasteiger partial charge in [0.05, 0.1) is 11.0 Å². The molecule has 1 saturated heterocycles. The van der Waals surface area contributed by atoms with Crippen molar-refractivity contribution in [2.24, 2.45) is 11.7 Å². The number of hydrogen-bond acceptors (Lipinski definition) is 9. The third-order valence-electron chi connectivity index (χ3n) is 8.22. The number of aromatic hydroxyl groups is 1. The molecule has 5 rings (SSSR count). The van der Waals surface area contributed by atoms with Gasteiger partial charge in [-0.25, -0.2) is 4.79 Å². The Morgan fingerprint density at radius 2 is 2.03 bits per heavy atom. The van der Waals surface area contributed by atoms with Crippen LogP contribution < -0.4 is 10.5 Å². The smallest absolute Gasteiger partial charge is 0.352 e. The van der Waals surface area contributed by atoms with E-state index in [2.05, 4.69) is 4.90 Å². The highest BCUT2D eigenvalue weighted by atomic mass is 16.6. The second-order valence-electron chi connectivity index (χ2n) is 10.8. The monoisotopic (exact) mass is 486 g/mol. The highest BCUT2D eigenvalue weighted by Gasteiger charge is 2.72. The maximum atomic E-state index is 12.9. The molecule has 1 fully saturated rings. The lowest BCUT2D eigenvalue weighted by Gasteiger charge is -2.61. The van der Waals surface area contributed by atoms with Crippen LogP contribution in [0.4, 0.5) is 0 Å². The molecule has 2 heterocycles. The van der Waals surface area contributed by atoms with Crippen molar-refractivity contribution in [3.63, 3.8) is 0 Å². The van der Waals surface area contributed by atoms with Crippen LogP contribution in [0.2, 0.25) is 0 Å². The minimum absolute atomic E-state index is 0.000585. The van der Waals surface area contributed by atoms with Gasteiger partial charge in [0, 0.05) is 18.0 Å². The van der Waals surface area contributed by atoms with Crippen molar-refractivity contribution < 1.29 is 34.0 Å². The van der Waals surface area contributed by atoms with E-state index in [0.29, 0.717) is 25.0 Å². The minimum Gasteiger partial charge on any atom is -0.504 e. The number of likely N-dealkylation sites (tertiary alicyclic amines) is 1. The van der Waals surface area contributed by atoms with Crippen LogP contribution in [0.25, 0.3) is 0 Å². The molecule has 4 N–H and O–H groups in total. The number of phenolic OH excluding ortho intramolecular Hbond substituents is 1. The van der Waals surface area contributed by atoms with E-state index in [1.807, 2.05) is 27.0 Å². The summed E-state index contributed by atoms with van der Waals surface area (Å²) in [5.74, 6) is -0.579. The number of esters is 2. The zero-order valence-electron chi connectivity index (χ0n) is 20.6. The highest BCUT2D eigenvalue weighted by molar-refractivity contribution is 5.82. The number of nitrogens with zero attached hydrogens (tertiary/aromatic N) is 1. The number of ether oxygens (including phenoxy) is 3. The van der Waals surface area contributed by atoms with Gasteiger partial charge in [-0.15, -0.1) is 0 Å². The molecule has 2 bridgehead atoms. The molecule has 1 aromatic rings. The number of likely N-dealkylation sites (N-methyl/N-ethyl adjacent to an activating group) is 1. The van der Waals surface area contributed by atoms with Gasteiger partial charge in [-0.2, -0.15) is 0 Å². The summed E-state index contributed by atoms with van der Waals surface area (Å²) in [5.41, 5.74) is 5.73. The van der Waals surface area contributed by atoms with Gasteiger partial charge in [-0.1, -0.05) is 19.9 Å². The summed E-state index contributed by atoms with van der Waals surface area (Å²) in [5, 5.41) is 22.7. The fourth-order valence-electron chi connectivity index (χ4n) is 6.55. The number of carbonyl (C=O) groups is 2. The molecule has 35 heavy (non-hydrogen) atoms. The lowest BCUT2D eigenvalue weighted by Crippen LogP contribution is -2.74. The Morgan fingerprint density at radius 3 is 2.74 bits per heavy atom. The lowest BCUT2D eigenvalue weighted by molar-refractivity contribution is -0.175. The molecule has 2 aliphatic carbocycles. The Morgan fingerprint density at radius 1 is 1.29 bits per heavy atom. The number of nitrogens with two attached hydrogens (primary N) is 1. The Hall–Kier alpha value is -2.62. The SMILES string of the molecule is CC(C)CC(N)C(=O)O[C@@H](C)C(=O)OC1=CC[C@@]2(O)[C@@H]3Cc4ccc(O)c5c4[C@@]2(CCN3C)[C@H]1O5. The molecule has 1 spiro atoms. The first-order chi connectivity index (χ1) is 16.5. The molecule has 0 aromatic heterocycles. The van der Waals surface area contributed by atoms with Crippen LogP contribution in [0, 0.1) is 5.92 Å². The zero-order chi connectivity index (χ0) is 25.3. The van der Waals surface area contributed by atoms with Gasteiger partial charge >= 0.3 is 11.9 Å². The van der Waals surface area contributed by atoms with Gasteiger partial charge in [-0.05, 0) is 63.4 Å². The van der Waals surface area contributed by atoms with E-state index < -0.39 is 41.2 Å². The Balaban J connectivity index is 1.43. The molecule has 2 aliphatic heterocycles. The van der Waals surface area contributed by atoms with Gasteiger partial charge in [0.1, 0.15) is 11.8 Å². The number of phenols is 1. The molecule has 190 valence electrons. The topological polar surface area (TPSA) is 132 Å². The van der Waals surface area contributed by atoms with Gasteiger partial charge in [-0.3, -0.25) is 4.79 Å². The third kappa shape index (κ3) is 3.39. The highest BCUT2D eigenvalue weighted by Crippen LogP contribution is 2.65. The molecule has 9 heteroatoms. The second kappa shape index (κ2) is 8.21. The van der Waals surface area contributed by atoms with Crippen LogP contribution in [-0.4, -0.2) is 70.5 Å². The summed E-state index contributed by atoms with van der Waals surface area (Å²) in [6.07, 6.45) is 1.68. The van der Waals surface area contributed by atoms with Crippen LogP contribution >= 0.6 is 0 Å². The maximum absolute atomic E-state index is 12.9. The Bertz CT molecular complexity index is 1100. The average Bonchev–Trinajstić information content (AvgIpc) is 3.15. The van der Waals surface area contributed by atoms with Crippen LogP contribution in [0.1, 0.15) is 51.2 Å². The first-order valence-electron chi connectivity index (χ1n) is 12.3. The second-order valence-corrected chi connectivity index (χ2v) is 10.8. The predicted molar refractivity (Wildman–Crippen MR) is 126 cm³/mol. The predicted octanol–water partition coefficient (Wildman–Crippen LogP) is 1.52. The van der Waals surface area contributed by atoms with Crippen LogP contribution in [0.3, 0.4) is 0 Å². The molecule has 0 amide bonds. The molecule has 6 atom stereocenters. The number of piperidine rings is 1. The van der Waals surface area contributed by atoms with Crippen LogP contribution in [-0.2, 0) is 30.9 Å². The van der Waals surface area contributed by atoms with Crippen molar-refractivity contribution in [1.82, 2.24) is 4.90 Å². The van der Waals surface area contributed by atoms with Crippen molar-refractivity contribution in [2.45, 2.75) is 81.8 Å². The summed E-state index contributed by atoms with van der Waals surface area (Å²) in [6, 6.07) is 2.54. The van der Waals surface area contributed by atoms with Gasteiger partial charge in [0.2, 0.25) is 0 Å². The van der Waals surface area contributed by atoms with Crippen molar-refractivity contribution in [3.05, 3.63) is 35.1 Å². The van der Waals surface area contributed by atoms with E-state index >= 15 is 0 Å². The van der Waals surface area contributed by atoms with E-state index in [-0.39, 0.29) is 29.9 Å². The zero-order valence-corrected chi connectivity index (χ0v) is 20.6. The van der Waals surface area contributed by atoms with Crippen LogP contribution in [0.5, 0.6) is 11.5 Å². The number of hydrogen-bond donors (Lipinski definition) is 3. The molecular formula is C26H34N2O7. The van der Waals surface area contributed by atoms with Gasteiger partial charge in [0.25, 0.3) is 0 Å².